The predicted octanol–water partition coefficient (Wildman–Crippen LogP) is 9.55. The van der Waals surface area contributed by atoms with Crippen LogP contribution in [-0.4, -0.2) is 94.5 Å². The summed E-state index contributed by atoms with van der Waals surface area (Å²) in [5.74, 6) is -2.41. The molecule has 0 unspecified atom stereocenters. The Labute approximate surface area is 379 Å². The Morgan fingerprint density at radius 1 is 0.284 bits per heavy atom. The molecule has 4 heterocycles. The SMILES string of the molecule is CCCCN1C(=O)c2ccc3c4ccc5c6c(ccc(c7ccc(c2c37)C1=O)c64)C(=O)N(C)C5=O.CN1C(=O)c2ccc3c4ccc5c6c(ccc(c7ccc(c2c37)C1=O)c64)C(=O)N(C)C5=O. The highest BCUT2D eigenvalue weighted by Gasteiger charge is 2.37. The predicted molar refractivity (Wildman–Crippen MR) is 255 cm³/mol. The van der Waals surface area contributed by atoms with Crippen LogP contribution in [0, 0.1) is 0 Å². The molecule has 0 N–H and O–H groups in total. The van der Waals surface area contributed by atoms with E-state index < -0.39 is 0 Å². The lowest BCUT2D eigenvalue weighted by molar-refractivity contribution is 0.0600. The van der Waals surface area contributed by atoms with Crippen LogP contribution in [0.25, 0.3) is 86.2 Å². The number of amides is 8. The van der Waals surface area contributed by atoms with E-state index in [4.69, 9.17) is 0 Å². The quantitative estimate of drug-likeness (QED) is 0.0968. The van der Waals surface area contributed by atoms with Crippen molar-refractivity contribution < 1.29 is 38.4 Å². The van der Waals surface area contributed by atoms with Gasteiger partial charge in [-0.3, -0.25) is 58.0 Å². The summed E-state index contributed by atoms with van der Waals surface area (Å²) in [6, 6.07) is 29.5. The van der Waals surface area contributed by atoms with Crippen molar-refractivity contribution in [1.82, 2.24) is 19.6 Å². The summed E-state index contributed by atoms with van der Waals surface area (Å²) in [5, 5.41) is 13.3. The first-order chi connectivity index (χ1) is 32.3. The number of nitrogens with zero attached hydrogens (tertiary/aromatic N) is 4. The molecule has 0 aromatic heterocycles. The van der Waals surface area contributed by atoms with Crippen LogP contribution in [0.4, 0.5) is 0 Å². The van der Waals surface area contributed by atoms with Gasteiger partial charge in [0, 0.05) is 93.7 Å². The van der Waals surface area contributed by atoms with E-state index in [2.05, 4.69) is 0 Å². The molecule has 0 fully saturated rings. The third-order valence-corrected chi connectivity index (χ3v) is 14.7. The average molecular weight is 879 g/mol. The van der Waals surface area contributed by atoms with Gasteiger partial charge in [-0.2, -0.15) is 0 Å². The molecule has 8 amide bonds. The van der Waals surface area contributed by atoms with E-state index in [9.17, 15) is 38.4 Å². The van der Waals surface area contributed by atoms with Crippen molar-refractivity contribution in [2.45, 2.75) is 19.8 Å². The number of hydrogen-bond acceptors (Lipinski definition) is 8. The fraction of sp³-hybridized carbons (Fsp3) is 0.127. The van der Waals surface area contributed by atoms with E-state index in [1.807, 2.05) is 67.6 Å². The summed E-state index contributed by atoms with van der Waals surface area (Å²) < 4.78 is 0. The van der Waals surface area contributed by atoms with Crippen molar-refractivity contribution in [3.63, 3.8) is 0 Å². The summed E-state index contributed by atoms with van der Waals surface area (Å²) in [6.45, 7) is 2.44. The van der Waals surface area contributed by atoms with Crippen LogP contribution < -0.4 is 0 Å². The van der Waals surface area contributed by atoms with Crippen LogP contribution >= 0.6 is 0 Å². The molecule has 4 aliphatic rings. The molecule has 10 aromatic carbocycles. The molecule has 0 radical (unpaired) electrons. The van der Waals surface area contributed by atoms with Gasteiger partial charge < -0.3 is 0 Å². The van der Waals surface area contributed by atoms with Crippen molar-refractivity contribution >= 4 is 133 Å². The first kappa shape index (κ1) is 38.8. The number of unbranched alkanes of at least 4 members (excludes halogenated alkanes) is 1. The largest absolute Gasteiger partial charge is 0.277 e. The van der Waals surface area contributed by atoms with Crippen LogP contribution in [-0.2, 0) is 0 Å². The molecule has 0 spiro atoms. The van der Waals surface area contributed by atoms with Gasteiger partial charge in [0.05, 0.1) is 0 Å². The second-order valence-corrected chi connectivity index (χ2v) is 17.9. The molecule has 0 saturated heterocycles. The topological polar surface area (TPSA) is 150 Å². The van der Waals surface area contributed by atoms with Gasteiger partial charge >= 0.3 is 0 Å². The van der Waals surface area contributed by atoms with Crippen molar-refractivity contribution in [3.05, 3.63) is 142 Å². The molecule has 0 saturated carbocycles. The van der Waals surface area contributed by atoms with Crippen LogP contribution in [0.2, 0.25) is 0 Å². The fourth-order valence-electron chi connectivity index (χ4n) is 11.5. The maximum Gasteiger partial charge on any atom is 0.261 e. The molecular formula is C55H34N4O8. The molecule has 4 aliphatic heterocycles. The van der Waals surface area contributed by atoms with Crippen LogP contribution in [0.5, 0.6) is 0 Å². The van der Waals surface area contributed by atoms with Crippen molar-refractivity contribution in [2.75, 3.05) is 27.7 Å². The lowest BCUT2D eigenvalue weighted by Crippen LogP contribution is -2.40. The average Bonchev–Trinajstić information content (AvgIpc) is 3.35. The summed E-state index contributed by atoms with van der Waals surface area (Å²) in [4.78, 5) is 109. The van der Waals surface area contributed by atoms with Gasteiger partial charge in [0.25, 0.3) is 47.3 Å². The zero-order valence-corrected chi connectivity index (χ0v) is 36.4. The first-order valence-electron chi connectivity index (χ1n) is 22.1. The van der Waals surface area contributed by atoms with E-state index >= 15 is 0 Å². The standard InChI is InChI=1S/C29H20N2O4.C26H14N2O4/c1-3-4-13-31-28(34)20-11-7-16-14-5-9-18-24-19(27(33)30(2)26(18)32)10-6-15(22(14)24)17-8-12-21(29(31)35)25(20)23(16)17;1-27-23(29)15-7-3-11-13-5-9-17-22-18(26(32)28(2)25(17)31)10-6-14(20(13)22)12-4-8-16(24(27)30)21(15)19(11)12/h5-12H,3-4,13H2,1-2H3;3-10H,1-2H3. The number of fused-ring (bicyclic) bond motifs is 4. The Morgan fingerprint density at radius 2 is 0.478 bits per heavy atom. The number of carbonyl (C=O) groups is 8. The molecule has 0 aliphatic carbocycles. The minimum Gasteiger partial charge on any atom is -0.277 e. The van der Waals surface area contributed by atoms with E-state index in [1.165, 1.54) is 26.0 Å². The molecule has 12 nitrogen and oxygen atoms in total. The van der Waals surface area contributed by atoms with Gasteiger partial charge in [-0.1, -0.05) is 61.9 Å². The maximum atomic E-state index is 13.3. The zero-order valence-electron chi connectivity index (χ0n) is 36.4. The minimum absolute atomic E-state index is 0.255. The van der Waals surface area contributed by atoms with E-state index in [1.54, 1.807) is 36.4 Å². The van der Waals surface area contributed by atoms with Gasteiger partial charge in [0.1, 0.15) is 0 Å². The molecule has 67 heavy (non-hydrogen) atoms. The summed E-state index contributed by atoms with van der Waals surface area (Å²) in [6.07, 6.45) is 1.65. The highest BCUT2D eigenvalue weighted by atomic mass is 16.2. The van der Waals surface area contributed by atoms with Gasteiger partial charge in [-0.15, -0.1) is 0 Å². The van der Waals surface area contributed by atoms with E-state index in [0.29, 0.717) is 72.6 Å². The van der Waals surface area contributed by atoms with Crippen molar-refractivity contribution in [3.8, 4) is 0 Å². The first-order valence-corrected chi connectivity index (χ1v) is 22.1. The highest BCUT2D eigenvalue weighted by Crippen LogP contribution is 2.48. The monoisotopic (exact) mass is 878 g/mol. The second-order valence-electron chi connectivity index (χ2n) is 17.9. The molecule has 322 valence electrons. The van der Waals surface area contributed by atoms with Crippen molar-refractivity contribution in [2.24, 2.45) is 0 Å². The maximum absolute atomic E-state index is 13.3. The normalized spacial score (nSPS) is 15.8. The molecular weight excluding hydrogens is 845 g/mol. The molecule has 0 bridgehead atoms. The third kappa shape index (κ3) is 4.61. The number of imide groups is 4. The lowest BCUT2D eigenvalue weighted by atomic mass is 9.82. The minimum atomic E-state index is -0.318. The summed E-state index contributed by atoms with van der Waals surface area (Å²) in [5.41, 5.74) is 4.11. The Balaban J connectivity index is 0.000000134. The van der Waals surface area contributed by atoms with Crippen LogP contribution in [0.1, 0.15) is 103 Å². The molecule has 0 atom stereocenters. The smallest absolute Gasteiger partial charge is 0.261 e. The van der Waals surface area contributed by atoms with Crippen LogP contribution in [0.3, 0.4) is 0 Å². The van der Waals surface area contributed by atoms with Crippen LogP contribution in [0.15, 0.2) is 97.1 Å². The zero-order chi connectivity index (χ0) is 46.2. The number of hydrogen-bond donors (Lipinski definition) is 0. The second kappa shape index (κ2) is 13.0. The van der Waals surface area contributed by atoms with E-state index in [0.717, 1.165) is 92.2 Å². The number of rotatable bonds is 3. The Hall–Kier alpha value is -8.64. The van der Waals surface area contributed by atoms with Gasteiger partial charge in [0.2, 0.25) is 0 Å². The Morgan fingerprint density at radius 3 is 0.672 bits per heavy atom. The Bertz CT molecular complexity index is 3780. The molecule has 10 aromatic rings. The lowest BCUT2D eigenvalue weighted by Gasteiger charge is -2.29. The third-order valence-electron chi connectivity index (χ3n) is 14.7. The number of benzene rings is 10. The van der Waals surface area contributed by atoms with E-state index in [-0.39, 0.29) is 47.3 Å². The van der Waals surface area contributed by atoms with Gasteiger partial charge in [-0.05, 0) is 120 Å². The fourth-order valence-corrected chi connectivity index (χ4v) is 11.5. The molecule has 14 rings (SSSR count). The van der Waals surface area contributed by atoms with Gasteiger partial charge in [-0.25, -0.2) is 0 Å². The molecule has 12 heteroatoms. The summed E-state index contributed by atoms with van der Waals surface area (Å²) in [7, 11) is 4.49. The summed E-state index contributed by atoms with van der Waals surface area (Å²) >= 11 is 0. The number of carbonyl (C=O) groups excluding carboxylic acids is 8. The van der Waals surface area contributed by atoms with Crippen molar-refractivity contribution in [1.29, 1.82) is 0 Å². The highest BCUT2D eigenvalue weighted by molar-refractivity contribution is 6.43. The van der Waals surface area contributed by atoms with Gasteiger partial charge in [0.15, 0.2) is 0 Å². The Kier molecular flexibility index (Phi) is 7.53.